The van der Waals surface area contributed by atoms with Gasteiger partial charge in [0.25, 0.3) is 5.91 Å². The summed E-state index contributed by atoms with van der Waals surface area (Å²) in [4.78, 5) is 41.5. The van der Waals surface area contributed by atoms with Gasteiger partial charge in [-0.25, -0.2) is 9.18 Å². The second-order valence-electron chi connectivity index (χ2n) is 10.9. The molecular weight excluding hydrogens is 535 g/mol. The lowest BCUT2D eigenvalue weighted by Gasteiger charge is -2.34. The third-order valence-electron chi connectivity index (χ3n) is 8.23. The molecular formula is C33H31FN4O4. The van der Waals surface area contributed by atoms with Gasteiger partial charge >= 0.3 is 12.0 Å². The Kier molecular flexibility index (Phi) is 7.24. The number of rotatable bonds is 5. The Labute approximate surface area is 243 Å². The van der Waals surface area contributed by atoms with E-state index in [-0.39, 0.29) is 37.0 Å². The molecule has 1 unspecified atom stereocenters. The maximum absolute atomic E-state index is 14.9. The number of urea groups is 1. The standard InChI is InChI=1S/C33H31FN4O4/c1-21-16-23(32(41)38-20-26-7-5-14-36(26)19-25-6-2-3-10-29(25)38)11-12-24(21)18-35-33(42)37-15-13-22(17-30(39)40)27-8-4-9-28(34)31(27)37/h2-12,14,16,22H,13,15,17-20H2,1H3,(H,35,42)(H,39,40). The molecule has 4 aromatic rings. The third kappa shape index (κ3) is 5.13. The number of aromatic nitrogens is 1. The number of hydrogen-bond acceptors (Lipinski definition) is 3. The Balaban J connectivity index is 1.18. The second-order valence-corrected chi connectivity index (χ2v) is 10.9. The normalized spacial score (nSPS) is 15.7. The van der Waals surface area contributed by atoms with Gasteiger partial charge in [-0.15, -0.1) is 0 Å². The average molecular weight is 567 g/mol. The monoisotopic (exact) mass is 566 g/mol. The van der Waals surface area contributed by atoms with Crippen molar-refractivity contribution < 1.29 is 23.9 Å². The minimum absolute atomic E-state index is 0.105. The molecule has 6 rings (SSSR count). The van der Waals surface area contributed by atoms with Crippen molar-refractivity contribution in [1.82, 2.24) is 9.88 Å². The van der Waals surface area contributed by atoms with Crippen LogP contribution < -0.4 is 15.1 Å². The minimum atomic E-state index is -0.958. The van der Waals surface area contributed by atoms with Crippen LogP contribution in [0.25, 0.3) is 0 Å². The van der Waals surface area contributed by atoms with Crippen LogP contribution in [0.3, 0.4) is 0 Å². The van der Waals surface area contributed by atoms with Gasteiger partial charge in [0.2, 0.25) is 0 Å². The van der Waals surface area contributed by atoms with Gasteiger partial charge in [-0.3, -0.25) is 14.5 Å². The molecule has 1 aromatic heterocycles. The maximum atomic E-state index is 14.9. The highest BCUT2D eigenvalue weighted by Crippen LogP contribution is 2.39. The summed E-state index contributed by atoms with van der Waals surface area (Å²) >= 11 is 0. The number of aliphatic carboxylic acids is 1. The number of para-hydroxylation sites is 2. The molecule has 3 amide bonds. The van der Waals surface area contributed by atoms with Crippen molar-refractivity contribution in [2.45, 2.75) is 45.3 Å². The van der Waals surface area contributed by atoms with Crippen molar-refractivity contribution in [1.29, 1.82) is 0 Å². The van der Waals surface area contributed by atoms with Crippen LogP contribution in [0.15, 0.2) is 79.0 Å². The molecule has 1 atom stereocenters. The van der Waals surface area contributed by atoms with E-state index in [1.54, 1.807) is 18.2 Å². The molecule has 0 spiro atoms. The number of hydrogen-bond donors (Lipinski definition) is 2. The number of anilines is 2. The van der Waals surface area contributed by atoms with Crippen molar-refractivity contribution in [3.8, 4) is 0 Å². The smallest absolute Gasteiger partial charge is 0.322 e. The molecule has 0 radical (unpaired) electrons. The van der Waals surface area contributed by atoms with Gasteiger partial charge in [-0.05, 0) is 77.9 Å². The predicted molar refractivity (Wildman–Crippen MR) is 157 cm³/mol. The Hall–Kier alpha value is -4.92. The topological polar surface area (TPSA) is 94.9 Å². The van der Waals surface area contributed by atoms with E-state index in [4.69, 9.17) is 0 Å². The molecule has 2 aliphatic heterocycles. The van der Waals surface area contributed by atoms with Crippen LogP contribution in [0.4, 0.5) is 20.6 Å². The molecule has 2 N–H and O–H groups in total. The number of nitrogens with one attached hydrogen (secondary N) is 1. The molecule has 0 aliphatic carbocycles. The number of benzene rings is 3. The van der Waals surface area contributed by atoms with Gasteiger partial charge in [0.1, 0.15) is 5.82 Å². The van der Waals surface area contributed by atoms with Gasteiger partial charge in [-0.1, -0.05) is 36.4 Å². The van der Waals surface area contributed by atoms with Crippen LogP contribution in [-0.2, 0) is 24.4 Å². The number of carboxylic acids is 1. The third-order valence-corrected chi connectivity index (χ3v) is 8.23. The number of halogens is 1. The fourth-order valence-corrected chi connectivity index (χ4v) is 6.04. The van der Waals surface area contributed by atoms with E-state index in [1.807, 2.05) is 66.6 Å². The van der Waals surface area contributed by atoms with Gasteiger partial charge in [-0.2, -0.15) is 0 Å². The molecule has 0 bridgehead atoms. The summed E-state index contributed by atoms with van der Waals surface area (Å²) in [5.74, 6) is -1.98. The SMILES string of the molecule is Cc1cc(C(=O)N2Cc3cccn3Cc3ccccc32)ccc1CNC(=O)N1CCC(CC(=O)O)c2cccc(F)c21. The lowest BCUT2D eigenvalue weighted by Crippen LogP contribution is -2.44. The van der Waals surface area contributed by atoms with Crippen LogP contribution in [0, 0.1) is 12.7 Å². The Morgan fingerprint density at radius 3 is 2.62 bits per heavy atom. The molecule has 42 heavy (non-hydrogen) atoms. The van der Waals surface area contributed by atoms with Crippen molar-refractivity contribution in [3.63, 3.8) is 0 Å². The number of nitrogens with zero attached hydrogens (tertiary/aromatic N) is 3. The van der Waals surface area contributed by atoms with Gasteiger partial charge in [0, 0.05) is 42.8 Å². The lowest BCUT2D eigenvalue weighted by molar-refractivity contribution is -0.137. The summed E-state index contributed by atoms with van der Waals surface area (Å²) in [5.41, 5.74) is 5.91. The summed E-state index contributed by atoms with van der Waals surface area (Å²) in [6.07, 6.45) is 2.33. The number of fused-ring (bicyclic) bond motifs is 3. The average Bonchev–Trinajstić information content (AvgIpc) is 3.35. The lowest BCUT2D eigenvalue weighted by atomic mass is 9.87. The van der Waals surface area contributed by atoms with Crippen LogP contribution >= 0.6 is 0 Å². The van der Waals surface area contributed by atoms with E-state index in [9.17, 15) is 23.9 Å². The molecule has 0 saturated carbocycles. The first-order chi connectivity index (χ1) is 20.3. The quantitative estimate of drug-likeness (QED) is 0.318. The highest BCUT2D eigenvalue weighted by atomic mass is 19.1. The number of amides is 3. The predicted octanol–water partition coefficient (Wildman–Crippen LogP) is 5.82. The van der Waals surface area contributed by atoms with E-state index in [2.05, 4.69) is 9.88 Å². The first kappa shape index (κ1) is 27.3. The zero-order chi connectivity index (χ0) is 29.4. The fraction of sp³-hybridized carbons (Fsp3) is 0.242. The minimum Gasteiger partial charge on any atom is -0.481 e. The molecule has 9 heteroatoms. The highest BCUT2D eigenvalue weighted by Gasteiger charge is 2.32. The Morgan fingerprint density at radius 2 is 1.81 bits per heavy atom. The van der Waals surface area contributed by atoms with Gasteiger partial charge in [0.15, 0.2) is 0 Å². The first-order valence-corrected chi connectivity index (χ1v) is 14.0. The highest BCUT2D eigenvalue weighted by molar-refractivity contribution is 6.06. The van der Waals surface area contributed by atoms with Gasteiger partial charge < -0.3 is 19.9 Å². The van der Waals surface area contributed by atoms with E-state index in [1.165, 1.54) is 11.0 Å². The van der Waals surface area contributed by atoms with Crippen LogP contribution in [0.2, 0.25) is 0 Å². The summed E-state index contributed by atoms with van der Waals surface area (Å²) < 4.78 is 17.0. The fourth-order valence-electron chi connectivity index (χ4n) is 6.04. The maximum Gasteiger partial charge on any atom is 0.322 e. The molecule has 0 saturated heterocycles. The summed E-state index contributed by atoms with van der Waals surface area (Å²) in [6.45, 7) is 3.46. The van der Waals surface area contributed by atoms with Crippen molar-refractivity contribution in [2.75, 3.05) is 16.3 Å². The summed E-state index contributed by atoms with van der Waals surface area (Å²) in [5, 5.41) is 12.2. The number of aryl methyl sites for hydroxylation is 1. The molecule has 0 fully saturated rings. The summed E-state index contributed by atoms with van der Waals surface area (Å²) in [6, 6.07) is 21.4. The number of carbonyl (C=O) groups is 3. The number of carboxylic acid groups (broad SMARTS) is 1. The van der Waals surface area contributed by atoms with Crippen molar-refractivity contribution in [2.24, 2.45) is 0 Å². The van der Waals surface area contributed by atoms with Crippen molar-refractivity contribution >= 4 is 29.3 Å². The molecule has 214 valence electrons. The van der Waals surface area contributed by atoms with E-state index >= 15 is 0 Å². The zero-order valence-electron chi connectivity index (χ0n) is 23.2. The Morgan fingerprint density at radius 1 is 0.976 bits per heavy atom. The first-order valence-electron chi connectivity index (χ1n) is 14.0. The molecule has 8 nitrogen and oxygen atoms in total. The van der Waals surface area contributed by atoms with Crippen LogP contribution in [-0.4, -0.2) is 34.1 Å². The van der Waals surface area contributed by atoms with Gasteiger partial charge in [0.05, 0.1) is 18.7 Å². The van der Waals surface area contributed by atoms with E-state index < -0.39 is 17.8 Å². The second kappa shape index (κ2) is 11.2. The summed E-state index contributed by atoms with van der Waals surface area (Å²) in [7, 11) is 0. The van der Waals surface area contributed by atoms with Crippen LogP contribution in [0.1, 0.15) is 57.1 Å². The van der Waals surface area contributed by atoms with E-state index in [0.29, 0.717) is 30.6 Å². The van der Waals surface area contributed by atoms with Crippen LogP contribution in [0.5, 0.6) is 0 Å². The van der Waals surface area contributed by atoms with E-state index in [0.717, 1.165) is 28.1 Å². The number of carbonyl (C=O) groups excluding carboxylic acids is 2. The molecule has 3 heterocycles. The zero-order valence-corrected chi connectivity index (χ0v) is 23.2. The largest absolute Gasteiger partial charge is 0.481 e. The van der Waals surface area contributed by atoms with Crippen molar-refractivity contribution in [3.05, 3.63) is 118 Å². The molecule has 2 aliphatic rings. The Bertz CT molecular complexity index is 1700. The molecule has 3 aromatic carbocycles.